The zero-order valence-corrected chi connectivity index (χ0v) is 70.9. The molecule has 4 aliphatic heterocycles. The van der Waals surface area contributed by atoms with Crippen LogP contribution in [0.3, 0.4) is 0 Å². The number of imidazole rings is 1. The monoisotopic (exact) mass is 1750 g/mol. The fourth-order valence-electron chi connectivity index (χ4n) is 14.8. The van der Waals surface area contributed by atoms with Crippen molar-refractivity contribution >= 4 is 156 Å². The number of rotatable bonds is 17. The molecule has 7 heterocycles. The molecule has 122 heavy (non-hydrogen) atoms. The first-order valence-corrected chi connectivity index (χ1v) is 43.1. The van der Waals surface area contributed by atoms with Crippen molar-refractivity contribution in [2.24, 2.45) is 23.5 Å². The number of amides is 15. The summed E-state index contributed by atoms with van der Waals surface area (Å²) in [5, 5.41) is 66.7. The van der Waals surface area contributed by atoms with Crippen LogP contribution in [-0.4, -0.2) is 273 Å². The number of halogens is 1. The molecule has 9 rings (SSSR count). The number of benzene rings is 2. The lowest BCUT2D eigenvalue weighted by Crippen LogP contribution is -2.63. The number of aromatic nitrogens is 4. The van der Waals surface area contributed by atoms with Gasteiger partial charge in [0, 0.05) is 107 Å². The van der Waals surface area contributed by atoms with Crippen LogP contribution in [0.4, 0.5) is 0 Å². The number of fused-ring (bicyclic) bond motifs is 9. The molecule has 4 aliphatic rings. The van der Waals surface area contributed by atoms with E-state index in [2.05, 4.69) is 89.1 Å². The second kappa shape index (κ2) is 43.4. The van der Waals surface area contributed by atoms with Crippen LogP contribution in [0.2, 0.25) is 5.02 Å². The summed E-state index contributed by atoms with van der Waals surface area (Å²) >= 11 is 6.39. The first-order chi connectivity index (χ1) is 57.8. The normalized spacial score (nSPS) is 26.9. The van der Waals surface area contributed by atoms with E-state index in [0.29, 0.717) is 43.6 Å². The van der Waals surface area contributed by atoms with Gasteiger partial charge in [0.25, 0.3) is 0 Å². The second-order valence-corrected chi connectivity index (χ2v) is 35.1. The molecule has 40 nitrogen and oxygen atoms in total. The number of hydrogen-bond acceptors (Lipinski definition) is 22. The first-order valence-electron chi connectivity index (χ1n) is 40.2. The number of carbonyl (C=O) groups excluding carboxylic acids is 15. The third-order valence-electron chi connectivity index (χ3n) is 21.1. The predicted octanol–water partition coefficient (Wildman–Crippen LogP) is -2.20. The Morgan fingerprint density at radius 2 is 1.07 bits per heavy atom. The Morgan fingerprint density at radius 1 is 0.541 bits per heavy atom. The summed E-state index contributed by atoms with van der Waals surface area (Å²) in [6.07, 6.45) is 0.539. The van der Waals surface area contributed by atoms with E-state index in [1.54, 1.807) is 90.2 Å². The van der Waals surface area contributed by atoms with E-state index in [4.69, 9.17) is 17.3 Å². The van der Waals surface area contributed by atoms with Gasteiger partial charge in [-0.25, -0.2) is 4.98 Å². The standard InChI is InChI=1S/C79H107ClN20O20S2/c1-36(2)20-51-67(108)85-31-61(102)88-49(17-18-62(103)104)68(109)91-52(21-37(3)4)73(114)97-64(38(5)6)77(118)94-54(23-42-29-84-50-24-43(80)15-16-47(42)50)70(111)96-58-34-122-121-33-57(74(115)87-39(7)66(107)89-53(22-41-28-83-48-13-10-9-12-46(41)48)69(110)92-55(71(112)90-51)26-45-30-82-35-86-45)95-72(113)56(27-63(105)106)93-76(117)60-25-44(81)32-100(60)78(119)59-14-11-19-99(59)79(120)65(40(8)101)98-75(58)116/h9-10,12-13,15-16,24,28-30,35-40,44,49,51-60,64-65,83-84,101H,11,14,17-23,25-27,31-34,81H2,1-8H3,(H,82,86)(H,85,108)(H,87,115)(H,88,102)(H,89,107)(H,90,112)(H,91,109)(H,92,110)(H,93,117)(H,94,118)(H,95,113)(H,96,111)(H,97,114)(H,98,116)(H,103,104)(H,105,106)/t39-,40+,44-,49-,51-,52-,53-,54-,55-,56-,57-,58-,59+,60-,64-,65-/m0/s1. The molecule has 3 aromatic heterocycles. The number of nitrogens with one attached hydrogen (secondary N) is 16. The number of nitrogens with two attached hydrogens (primary N) is 1. The molecule has 0 saturated carbocycles. The Morgan fingerprint density at radius 3 is 1.67 bits per heavy atom. The maximum absolute atomic E-state index is 15.5. The predicted molar refractivity (Wildman–Crippen MR) is 445 cm³/mol. The minimum Gasteiger partial charge on any atom is -0.481 e. The lowest BCUT2D eigenvalue weighted by atomic mass is 9.98. The molecule has 0 aliphatic carbocycles. The van der Waals surface area contributed by atoms with E-state index in [9.17, 15) is 72.9 Å². The molecule has 4 saturated heterocycles. The summed E-state index contributed by atoms with van der Waals surface area (Å²) in [7, 11) is 1.53. The summed E-state index contributed by atoms with van der Waals surface area (Å²) in [6, 6.07) is -12.2. The van der Waals surface area contributed by atoms with Crippen molar-refractivity contribution in [1.82, 2.24) is 98.9 Å². The molecular formula is C79H107ClN20O20S2. The van der Waals surface area contributed by atoms with Crippen LogP contribution < -0.4 is 74.9 Å². The second-order valence-electron chi connectivity index (χ2n) is 32.1. The maximum atomic E-state index is 15.5. The van der Waals surface area contributed by atoms with Gasteiger partial charge in [-0.3, -0.25) is 81.5 Å². The van der Waals surface area contributed by atoms with Crippen molar-refractivity contribution in [1.29, 1.82) is 0 Å². The Labute approximate surface area is 714 Å². The lowest BCUT2D eigenvalue weighted by Gasteiger charge is -2.34. The van der Waals surface area contributed by atoms with Gasteiger partial charge >= 0.3 is 11.9 Å². The summed E-state index contributed by atoms with van der Waals surface area (Å²) in [5.41, 5.74) is 8.71. The average Bonchev–Trinajstić information content (AvgIpc) is 1.63. The van der Waals surface area contributed by atoms with Gasteiger partial charge in [-0.15, -0.1) is 0 Å². The number of carbonyl (C=O) groups is 17. The molecule has 2 bridgehead atoms. The zero-order chi connectivity index (χ0) is 89.1. The Balaban J connectivity index is 1.14. The third kappa shape index (κ3) is 25.9. The smallest absolute Gasteiger partial charge is 0.305 e. The van der Waals surface area contributed by atoms with Crippen molar-refractivity contribution in [2.75, 3.05) is 31.1 Å². The molecule has 0 radical (unpaired) electrons. The number of aliphatic hydroxyl groups excluding tert-OH is 1. The summed E-state index contributed by atoms with van der Waals surface area (Å²) < 4.78 is 0. The van der Waals surface area contributed by atoms with E-state index < -0.39 is 241 Å². The highest BCUT2D eigenvalue weighted by Crippen LogP contribution is 2.30. The van der Waals surface area contributed by atoms with Gasteiger partial charge in [0.2, 0.25) is 88.6 Å². The number of aliphatic carboxylic acids is 2. The molecule has 4 fully saturated rings. The van der Waals surface area contributed by atoms with E-state index in [-0.39, 0.29) is 76.3 Å². The fourth-order valence-corrected chi connectivity index (χ4v) is 17.3. The molecule has 5 aromatic rings. The number of aliphatic hydroxyl groups is 1. The van der Waals surface area contributed by atoms with Crippen LogP contribution >= 0.6 is 33.2 Å². The van der Waals surface area contributed by atoms with Gasteiger partial charge in [0.1, 0.15) is 84.6 Å². The topological polar surface area (TPSA) is 600 Å². The van der Waals surface area contributed by atoms with Crippen LogP contribution in [0.1, 0.15) is 124 Å². The first kappa shape index (κ1) is 94.5. The maximum Gasteiger partial charge on any atom is 0.305 e. The molecular weight excluding hydrogens is 1650 g/mol. The minimum absolute atomic E-state index is 0.00680. The molecule has 0 spiro atoms. The zero-order valence-electron chi connectivity index (χ0n) is 68.5. The lowest BCUT2D eigenvalue weighted by molar-refractivity contribution is -0.149. The molecule has 21 N–H and O–H groups in total. The molecule has 16 atom stereocenters. The van der Waals surface area contributed by atoms with Crippen molar-refractivity contribution in [3.05, 3.63) is 89.2 Å². The van der Waals surface area contributed by atoms with Crippen molar-refractivity contribution in [3.8, 4) is 0 Å². The molecule has 2 aromatic carbocycles. The Hall–Kier alpha value is -11.4. The number of H-pyrrole nitrogens is 3. The molecule has 0 unspecified atom stereocenters. The fraction of sp³-hybridized carbons (Fsp3) is 0.544. The number of nitrogens with zero attached hydrogens (tertiary/aromatic N) is 3. The number of hydrogen-bond donors (Lipinski definition) is 20. The number of carboxylic acid groups (broad SMARTS) is 2. The number of carboxylic acids is 2. The summed E-state index contributed by atoms with van der Waals surface area (Å²) in [4.78, 5) is 263. The van der Waals surface area contributed by atoms with Gasteiger partial charge in [0.05, 0.1) is 25.4 Å². The van der Waals surface area contributed by atoms with Crippen molar-refractivity contribution in [3.63, 3.8) is 0 Å². The average molecular weight is 1760 g/mol. The minimum atomic E-state index is -2.00. The van der Waals surface area contributed by atoms with Gasteiger partial charge in [-0.05, 0) is 99.5 Å². The summed E-state index contributed by atoms with van der Waals surface area (Å²) in [5.74, 6) is -21.0. The largest absolute Gasteiger partial charge is 0.481 e. The van der Waals surface area contributed by atoms with E-state index in [1.165, 1.54) is 32.6 Å². The van der Waals surface area contributed by atoms with Crippen molar-refractivity contribution < 1.29 is 96.8 Å². The Kier molecular flexibility index (Phi) is 33.6. The van der Waals surface area contributed by atoms with Crippen LogP contribution in [0.15, 0.2) is 67.4 Å². The highest BCUT2D eigenvalue weighted by molar-refractivity contribution is 8.76. The molecule has 43 heteroatoms. The van der Waals surface area contributed by atoms with E-state index >= 15 is 24.0 Å². The Bertz CT molecular complexity index is 4700. The molecule has 15 amide bonds. The molecule has 662 valence electrons. The highest BCUT2D eigenvalue weighted by Gasteiger charge is 2.48. The van der Waals surface area contributed by atoms with Crippen LogP contribution in [0.5, 0.6) is 0 Å². The van der Waals surface area contributed by atoms with Gasteiger partial charge in [0.15, 0.2) is 0 Å². The van der Waals surface area contributed by atoms with E-state index in [0.717, 1.165) is 31.4 Å². The third-order valence-corrected chi connectivity index (χ3v) is 23.8. The van der Waals surface area contributed by atoms with Crippen LogP contribution in [0.25, 0.3) is 21.8 Å². The van der Waals surface area contributed by atoms with E-state index in [1.807, 2.05) is 0 Å². The van der Waals surface area contributed by atoms with Gasteiger partial charge in [-0.2, -0.15) is 0 Å². The van der Waals surface area contributed by atoms with Crippen LogP contribution in [-0.2, 0) is 101 Å². The SMILES string of the molecule is CC(C)C[C@@H]1NC(=O)[C@H](Cc2cnc[nH]2)NC(=O)[C@H](Cc2c[nH]c3ccccc23)NC(=O)[C@H](C)NC(=O)[C@@H]2CSSC[C@H](NC(=O)[C@H](Cc3c[nH]c4cc(Cl)ccc34)NC(=O)[C@H](C(C)C)NC(=O)[C@H](CC(C)C)NC(=O)[C@H](CCC(=O)O)NC(=O)CNC1=O)C(=O)N[C@@H]([C@@H](C)O)C(=O)N1CCC[C@@H]1C(=O)N1C[C@@H](N)C[C@H]1C(=O)N[C@@H](CC(=O)O)C(=O)N2. The number of aromatic amines is 3. The highest BCUT2D eigenvalue weighted by atomic mass is 35.5. The summed E-state index contributed by atoms with van der Waals surface area (Å²) in [6.45, 7) is 11.2. The number of para-hydroxylation sites is 1. The van der Waals surface area contributed by atoms with Crippen molar-refractivity contribution in [2.45, 2.75) is 223 Å². The van der Waals surface area contributed by atoms with Gasteiger partial charge < -0.3 is 115 Å². The van der Waals surface area contributed by atoms with Crippen LogP contribution in [0, 0.1) is 17.8 Å². The van der Waals surface area contributed by atoms with Gasteiger partial charge in [-0.1, -0.05) is 99.0 Å². The quantitative estimate of drug-likeness (QED) is 0.0440.